The maximum Gasteiger partial charge on any atom is 0.337 e. The number of hydrogen-bond acceptors (Lipinski definition) is 6. The number of anilines is 2. The molecule has 1 heterocycles. The van der Waals surface area contributed by atoms with Gasteiger partial charge < -0.3 is 4.74 Å². The topological polar surface area (TPSA) is 110 Å². The molecule has 31 heavy (non-hydrogen) atoms. The smallest absolute Gasteiger partial charge is 0.337 e. The van der Waals surface area contributed by atoms with Crippen LogP contribution >= 0.6 is 11.6 Å². The van der Waals surface area contributed by atoms with Gasteiger partial charge in [-0.15, -0.1) is 0 Å². The first-order valence-corrected chi connectivity index (χ1v) is 13.0. The lowest BCUT2D eigenvalue weighted by Crippen LogP contribution is -2.38. The number of sulfonamides is 2. The van der Waals surface area contributed by atoms with Crippen LogP contribution in [0, 0.1) is 13.8 Å². The summed E-state index contributed by atoms with van der Waals surface area (Å²) in [5.41, 5.74) is 1.55. The molecule has 2 aromatic carbocycles. The first-order chi connectivity index (χ1) is 14.5. The van der Waals surface area contributed by atoms with E-state index < -0.39 is 26.0 Å². The lowest BCUT2D eigenvalue weighted by atomic mass is 10.1. The van der Waals surface area contributed by atoms with Gasteiger partial charge in [-0.2, -0.15) is 0 Å². The molecule has 11 heteroatoms. The number of halogens is 1. The molecule has 168 valence electrons. The van der Waals surface area contributed by atoms with Crippen LogP contribution in [0.5, 0.6) is 0 Å². The molecule has 1 N–H and O–H groups in total. The van der Waals surface area contributed by atoms with E-state index in [1.54, 1.807) is 19.9 Å². The zero-order valence-electron chi connectivity index (χ0n) is 17.3. The second kappa shape index (κ2) is 8.68. The fraction of sp³-hybridized carbons (Fsp3) is 0.350. The number of rotatable bonds is 5. The predicted octanol–water partition coefficient (Wildman–Crippen LogP) is 3.47. The molecule has 1 saturated heterocycles. The highest BCUT2D eigenvalue weighted by molar-refractivity contribution is 7.93. The van der Waals surface area contributed by atoms with Crippen molar-refractivity contribution in [2.75, 3.05) is 28.4 Å². The Kier molecular flexibility index (Phi) is 6.54. The third kappa shape index (κ3) is 4.81. The third-order valence-electron chi connectivity index (χ3n) is 5.03. The molecule has 0 aromatic heterocycles. The average molecular weight is 487 g/mol. The van der Waals surface area contributed by atoms with Gasteiger partial charge in [0.25, 0.3) is 10.0 Å². The van der Waals surface area contributed by atoms with Crippen molar-refractivity contribution < 1.29 is 26.4 Å². The summed E-state index contributed by atoms with van der Waals surface area (Å²) in [6.07, 6.45) is 1.35. The van der Waals surface area contributed by atoms with Crippen molar-refractivity contribution in [1.29, 1.82) is 0 Å². The van der Waals surface area contributed by atoms with Crippen LogP contribution in [0.2, 0.25) is 5.02 Å². The first kappa shape index (κ1) is 23.4. The SMILES string of the molecule is COC(=O)c1ccc(Cl)c(NS(=O)(=O)c2cc(C)c(N3CCCCS3(=O)=O)cc2C)c1. The normalized spacial score (nSPS) is 16.1. The Bertz CT molecular complexity index is 1240. The maximum atomic E-state index is 13.1. The molecule has 0 bridgehead atoms. The van der Waals surface area contributed by atoms with Gasteiger partial charge in [-0.1, -0.05) is 11.6 Å². The number of esters is 1. The summed E-state index contributed by atoms with van der Waals surface area (Å²) in [6.45, 7) is 3.63. The maximum absolute atomic E-state index is 13.1. The molecule has 0 aliphatic carbocycles. The van der Waals surface area contributed by atoms with Crippen molar-refractivity contribution in [2.45, 2.75) is 31.6 Å². The van der Waals surface area contributed by atoms with Crippen molar-refractivity contribution in [2.24, 2.45) is 0 Å². The van der Waals surface area contributed by atoms with Crippen LogP contribution in [-0.2, 0) is 24.8 Å². The highest BCUT2D eigenvalue weighted by Gasteiger charge is 2.29. The van der Waals surface area contributed by atoms with Gasteiger partial charge in [0.05, 0.1) is 39.7 Å². The van der Waals surface area contributed by atoms with Gasteiger partial charge >= 0.3 is 5.97 Å². The molecule has 8 nitrogen and oxygen atoms in total. The number of carbonyl (C=O) groups excluding carboxylic acids is 1. The van der Waals surface area contributed by atoms with Crippen LogP contribution in [0.25, 0.3) is 0 Å². The number of aryl methyl sites for hydroxylation is 2. The number of benzene rings is 2. The van der Waals surface area contributed by atoms with E-state index in [0.29, 0.717) is 29.8 Å². The van der Waals surface area contributed by atoms with E-state index in [1.165, 1.54) is 35.7 Å². The Morgan fingerprint density at radius 1 is 1.13 bits per heavy atom. The molecule has 0 radical (unpaired) electrons. The van der Waals surface area contributed by atoms with E-state index in [0.717, 1.165) is 6.42 Å². The van der Waals surface area contributed by atoms with Crippen LogP contribution in [0.3, 0.4) is 0 Å². The molecule has 3 rings (SSSR count). The Labute approximate surface area is 187 Å². The summed E-state index contributed by atoms with van der Waals surface area (Å²) < 4.78 is 59.5. The quantitative estimate of drug-likeness (QED) is 0.648. The van der Waals surface area contributed by atoms with Gasteiger partial charge in [0.1, 0.15) is 0 Å². The van der Waals surface area contributed by atoms with E-state index in [4.69, 9.17) is 11.6 Å². The zero-order chi connectivity index (χ0) is 23.0. The highest BCUT2D eigenvalue weighted by Crippen LogP contribution is 2.33. The molecular formula is C20H23ClN2O6S2. The Hall–Kier alpha value is -2.30. The number of hydrogen-bond donors (Lipinski definition) is 1. The number of nitrogens with one attached hydrogen (secondary N) is 1. The van der Waals surface area contributed by atoms with Gasteiger partial charge in [-0.05, 0) is 68.1 Å². The molecule has 0 spiro atoms. The summed E-state index contributed by atoms with van der Waals surface area (Å²) in [5, 5.41) is 0.113. The van der Waals surface area contributed by atoms with Crippen LogP contribution in [0.15, 0.2) is 35.2 Å². The fourth-order valence-corrected chi connectivity index (χ4v) is 6.74. The van der Waals surface area contributed by atoms with E-state index >= 15 is 0 Å². The minimum Gasteiger partial charge on any atom is -0.465 e. The lowest BCUT2D eigenvalue weighted by Gasteiger charge is -2.30. The van der Waals surface area contributed by atoms with Gasteiger partial charge in [-0.3, -0.25) is 9.03 Å². The monoisotopic (exact) mass is 486 g/mol. The Balaban J connectivity index is 1.99. The molecule has 1 aliphatic heterocycles. The van der Waals surface area contributed by atoms with Gasteiger partial charge in [-0.25, -0.2) is 21.6 Å². The van der Waals surface area contributed by atoms with Gasteiger partial charge in [0.15, 0.2) is 0 Å². The average Bonchev–Trinajstić information content (AvgIpc) is 2.70. The predicted molar refractivity (Wildman–Crippen MR) is 120 cm³/mol. The van der Waals surface area contributed by atoms with Crippen molar-refractivity contribution in [1.82, 2.24) is 0 Å². The van der Waals surface area contributed by atoms with Crippen LogP contribution in [-0.4, -0.2) is 42.2 Å². The second-order valence-electron chi connectivity index (χ2n) is 7.29. The number of methoxy groups -OCH3 is 1. The Morgan fingerprint density at radius 2 is 1.84 bits per heavy atom. The number of ether oxygens (including phenoxy) is 1. The minimum absolute atomic E-state index is 0.0114. The fourth-order valence-electron chi connectivity index (χ4n) is 3.44. The first-order valence-electron chi connectivity index (χ1n) is 9.48. The molecule has 0 atom stereocenters. The van der Waals surface area contributed by atoms with Crippen molar-refractivity contribution in [3.05, 3.63) is 52.0 Å². The second-order valence-corrected chi connectivity index (χ2v) is 11.4. The summed E-state index contributed by atoms with van der Waals surface area (Å²) in [5.74, 6) is -0.557. The summed E-state index contributed by atoms with van der Waals surface area (Å²) in [6, 6.07) is 7.13. The van der Waals surface area contributed by atoms with E-state index in [9.17, 15) is 21.6 Å². The largest absolute Gasteiger partial charge is 0.465 e. The molecule has 2 aromatic rings. The lowest BCUT2D eigenvalue weighted by molar-refractivity contribution is 0.0600. The van der Waals surface area contributed by atoms with Crippen molar-refractivity contribution >= 4 is 49.0 Å². The Morgan fingerprint density at radius 3 is 2.48 bits per heavy atom. The summed E-state index contributed by atoms with van der Waals surface area (Å²) in [7, 11) is -6.28. The van der Waals surface area contributed by atoms with Crippen LogP contribution in [0.1, 0.15) is 34.3 Å². The molecule has 1 fully saturated rings. The molecule has 0 amide bonds. The van der Waals surface area contributed by atoms with E-state index in [1.807, 2.05) is 0 Å². The minimum atomic E-state index is -4.07. The van der Waals surface area contributed by atoms with Gasteiger partial charge in [0.2, 0.25) is 10.0 Å². The molecule has 0 unspecified atom stereocenters. The molecule has 0 saturated carbocycles. The van der Waals surface area contributed by atoms with E-state index in [-0.39, 0.29) is 26.9 Å². The number of carbonyl (C=O) groups is 1. The van der Waals surface area contributed by atoms with Crippen LogP contribution < -0.4 is 9.03 Å². The third-order valence-corrected chi connectivity index (χ3v) is 8.73. The highest BCUT2D eigenvalue weighted by atomic mass is 35.5. The zero-order valence-corrected chi connectivity index (χ0v) is 19.7. The van der Waals surface area contributed by atoms with Crippen molar-refractivity contribution in [3.63, 3.8) is 0 Å². The van der Waals surface area contributed by atoms with Crippen molar-refractivity contribution in [3.8, 4) is 0 Å². The standard InChI is InChI=1S/C20H23ClN2O6S2/c1-13-11-19(14(2)10-18(13)23-8-4-5-9-30(23,25)26)31(27,28)22-17-12-15(20(24)29-3)6-7-16(17)21/h6-7,10-12,22H,4-5,8-9H2,1-3H3. The van der Waals surface area contributed by atoms with E-state index in [2.05, 4.69) is 9.46 Å². The summed E-state index contributed by atoms with van der Waals surface area (Å²) >= 11 is 6.11. The van der Waals surface area contributed by atoms with Gasteiger partial charge in [0, 0.05) is 6.54 Å². The molecule has 1 aliphatic rings. The molecular weight excluding hydrogens is 464 g/mol. The van der Waals surface area contributed by atoms with Crippen LogP contribution in [0.4, 0.5) is 11.4 Å². The number of nitrogens with zero attached hydrogens (tertiary/aromatic N) is 1. The summed E-state index contributed by atoms with van der Waals surface area (Å²) in [4.78, 5) is 11.7.